The summed E-state index contributed by atoms with van der Waals surface area (Å²) in [4.78, 5) is 16.8. The molecular formula is C20H18F2N2O3S. The first-order valence-electron chi connectivity index (χ1n) is 8.68. The third-order valence-corrected chi connectivity index (χ3v) is 5.34. The Bertz CT molecular complexity index is 958. The van der Waals surface area contributed by atoms with Crippen LogP contribution >= 0.6 is 11.8 Å². The minimum Gasteiger partial charge on any atom is -0.467 e. The van der Waals surface area contributed by atoms with E-state index >= 15 is 0 Å². The molecule has 28 heavy (non-hydrogen) atoms. The second-order valence-electron chi connectivity index (χ2n) is 6.39. The normalized spacial score (nSPS) is 16.7. The molecule has 146 valence electrons. The van der Waals surface area contributed by atoms with E-state index in [0.29, 0.717) is 34.6 Å². The summed E-state index contributed by atoms with van der Waals surface area (Å²) in [5.74, 6) is -0.938. The predicted octanol–water partition coefficient (Wildman–Crippen LogP) is 5.12. The van der Waals surface area contributed by atoms with Gasteiger partial charge in [0, 0.05) is 7.05 Å². The molecule has 1 aromatic carbocycles. The number of halogens is 2. The molecule has 1 aliphatic rings. The molecule has 0 radical (unpaired) electrons. The zero-order valence-electron chi connectivity index (χ0n) is 15.0. The average Bonchev–Trinajstić information content (AvgIpc) is 3.36. The standard InChI is InChI=1S/C20H18F2N2O3S/c1-23-16-7-3-2-6-15(16)19(25)24(11-13-5-4-10-26-13)18(23)17-9-8-14(27-17)12-28-20(21)22/h2-10,18,20H,11-12H2,1H3/t18-/m1/s1. The van der Waals surface area contributed by atoms with Crippen LogP contribution in [0.2, 0.25) is 0 Å². The Morgan fingerprint density at radius 2 is 1.93 bits per heavy atom. The van der Waals surface area contributed by atoms with Crippen molar-refractivity contribution in [3.05, 3.63) is 77.6 Å². The molecular weight excluding hydrogens is 386 g/mol. The highest BCUT2D eigenvalue weighted by molar-refractivity contribution is 7.98. The van der Waals surface area contributed by atoms with Crippen molar-refractivity contribution in [1.82, 2.24) is 4.90 Å². The number of furan rings is 2. The number of para-hydroxylation sites is 1. The largest absolute Gasteiger partial charge is 0.467 e. The van der Waals surface area contributed by atoms with Crippen LogP contribution in [-0.2, 0) is 12.3 Å². The van der Waals surface area contributed by atoms with Crippen molar-refractivity contribution in [3.8, 4) is 0 Å². The molecule has 1 amide bonds. The van der Waals surface area contributed by atoms with Crippen molar-refractivity contribution in [2.24, 2.45) is 0 Å². The zero-order valence-corrected chi connectivity index (χ0v) is 15.9. The lowest BCUT2D eigenvalue weighted by Gasteiger charge is -2.42. The maximum Gasteiger partial charge on any atom is 0.284 e. The third kappa shape index (κ3) is 3.52. The van der Waals surface area contributed by atoms with Crippen LogP contribution in [0.4, 0.5) is 14.5 Å². The molecule has 4 rings (SSSR count). The van der Waals surface area contributed by atoms with Crippen molar-refractivity contribution >= 4 is 23.4 Å². The molecule has 0 aliphatic carbocycles. The van der Waals surface area contributed by atoms with Gasteiger partial charge in [0.25, 0.3) is 11.7 Å². The molecule has 0 fully saturated rings. The summed E-state index contributed by atoms with van der Waals surface area (Å²) in [5, 5.41) is 0. The van der Waals surface area contributed by atoms with Crippen molar-refractivity contribution in [2.75, 3.05) is 11.9 Å². The van der Waals surface area contributed by atoms with Gasteiger partial charge >= 0.3 is 0 Å². The van der Waals surface area contributed by atoms with E-state index in [2.05, 4.69) is 0 Å². The summed E-state index contributed by atoms with van der Waals surface area (Å²) in [6.07, 6.45) is 1.04. The summed E-state index contributed by atoms with van der Waals surface area (Å²) in [5.41, 5.74) is 1.38. The summed E-state index contributed by atoms with van der Waals surface area (Å²) < 4.78 is 36.2. The van der Waals surface area contributed by atoms with E-state index < -0.39 is 11.9 Å². The van der Waals surface area contributed by atoms with Gasteiger partial charge in [0.2, 0.25) is 0 Å². The quantitative estimate of drug-likeness (QED) is 0.571. The molecule has 0 saturated carbocycles. The highest BCUT2D eigenvalue weighted by Gasteiger charge is 2.38. The molecule has 0 N–H and O–H groups in total. The van der Waals surface area contributed by atoms with Gasteiger partial charge < -0.3 is 18.6 Å². The monoisotopic (exact) mass is 404 g/mol. The van der Waals surface area contributed by atoms with Gasteiger partial charge in [-0.3, -0.25) is 4.79 Å². The van der Waals surface area contributed by atoms with Crippen molar-refractivity contribution in [3.63, 3.8) is 0 Å². The Morgan fingerprint density at radius 3 is 2.68 bits per heavy atom. The fourth-order valence-electron chi connectivity index (χ4n) is 3.40. The molecule has 0 unspecified atom stereocenters. The number of amides is 1. The predicted molar refractivity (Wildman–Crippen MR) is 102 cm³/mol. The molecule has 0 saturated heterocycles. The molecule has 0 spiro atoms. The first-order valence-corrected chi connectivity index (χ1v) is 9.73. The molecule has 3 aromatic rings. The minimum absolute atomic E-state index is 0.0663. The van der Waals surface area contributed by atoms with E-state index in [1.807, 2.05) is 30.1 Å². The van der Waals surface area contributed by atoms with E-state index in [1.165, 1.54) is 0 Å². The van der Waals surface area contributed by atoms with Gasteiger partial charge in [-0.2, -0.15) is 8.78 Å². The number of rotatable bonds is 6. The van der Waals surface area contributed by atoms with E-state index in [9.17, 15) is 13.6 Å². The summed E-state index contributed by atoms with van der Waals surface area (Å²) >= 11 is 0.503. The molecule has 1 atom stereocenters. The molecule has 0 bridgehead atoms. The van der Waals surface area contributed by atoms with Crippen LogP contribution in [0.1, 0.15) is 33.8 Å². The smallest absolute Gasteiger partial charge is 0.284 e. The number of fused-ring (bicyclic) bond motifs is 1. The van der Waals surface area contributed by atoms with E-state index in [1.54, 1.807) is 41.5 Å². The SMILES string of the molecule is CN1c2ccccc2C(=O)N(Cc2ccco2)[C@@H]1c1ccc(CSC(F)F)o1. The van der Waals surface area contributed by atoms with Crippen LogP contribution in [0.25, 0.3) is 0 Å². The van der Waals surface area contributed by atoms with Crippen LogP contribution in [0.5, 0.6) is 0 Å². The number of hydrogen-bond acceptors (Lipinski definition) is 5. The van der Waals surface area contributed by atoms with Crippen LogP contribution in [0.15, 0.2) is 63.6 Å². The minimum atomic E-state index is -2.46. The van der Waals surface area contributed by atoms with Gasteiger partial charge in [0.15, 0.2) is 6.17 Å². The van der Waals surface area contributed by atoms with E-state index in [4.69, 9.17) is 8.83 Å². The topological polar surface area (TPSA) is 49.8 Å². The second-order valence-corrected chi connectivity index (χ2v) is 7.37. The van der Waals surface area contributed by atoms with Crippen molar-refractivity contribution in [2.45, 2.75) is 24.2 Å². The zero-order chi connectivity index (χ0) is 19.7. The molecule has 2 aromatic heterocycles. The maximum absolute atomic E-state index is 13.2. The fraction of sp³-hybridized carbons (Fsp3) is 0.250. The average molecular weight is 404 g/mol. The lowest BCUT2D eigenvalue weighted by molar-refractivity contribution is 0.0591. The van der Waals surface area contributed by atoms with Crippen molar-refractivity contribution in [1.29, 1.82) is 0 Å². The summed E-state index contributed by atoms with van der Waals surface area (Å²) in [6.45, 7) is 0.261. The summed E-state index contributed by atoms with van der Waals surface area (Å²) in [6, 6.07) is 14.3. The first kappa shape index (κ1) is 18.6. The van der Waals surface area contributed by atoms with Gasteiger partial charge in [0.05, 0.1) is 29.8 Å². The first-order chi connectivity index (χ1) is 13.5. The Balaban J connectivity index is 1.70. The maximum atomic E-state index is 13.2. The molecule has 5 nitrogen and oxygen atoms in total. The second kappa shape index (κ2) is 7.71. The molecule has 3 heterocycles. The summed E-state index contributed by atoms with van der Waals surface area (Å²) in [7, 11) is 1.88. The Kier molecular flexibility index (Phi) is 5.13. The third-order valence-electron chi connectivity index (χ3n) is 4.63. The van der Waals surface area contributed by atoms with Crippen molar-refractivity contribution < 1.29 is 22.4 Å². The number of benzene rings is 1. The van der Waals surface area contributed by atoms with Gasteiger partial charge in [-0.1, -0.05) is 23.9 Å². The van der Waals surface area contributed by atoms with Crippen LogP contribution in [-0.4, -0.2) is 23.6 Å². The number of carbonyl (C=O) groups is 1. The Labute approximate surface area is 164 Å². The van der Waals surface area contributed by atoms with Crippen LogP contribution < -0.4 is 4.90 Å². The van der Waals surface area contributed by atoms with Gasteiger partial charge in [-0.25, -0.2) is 0 Å². The molecule has 8 heteroatoms. The fourth-order valence-corrected chi connectivity index (χ4v) is 3.84. The van der Waals surface area contributed by atoms with Gasteiger partial charge in [0.1, 0.15) is 17.3 Å². The molecule has 1 aliphatic heterocycles. The van der Waals surface area contributed by atoms with E-state index in [-0.39, 0.29) is 18.2 Å². The number of thioether (sulfide) groups is 1. The lowest BCUT2D eigenvalue weighted by atomic mass is 10.0. The number of alkyl halides is 2. The highest BCUT2D eigenvalue weighted by atomic mass is 32.2. The number of carbonyl (C=O) groups excluding carboxylic acids is 1. The number of nitrogens with zero attached hydrogens (tertiary/aromatic N) is 2. The van der Waals surface area contributed by atoms with Crippen LogP contribution in [0.3, 0.4) is 0 Å². The van der Waals surface area contributed by atoms with Gasteiger partial charge in [-0.05, 0) is 36.4 Å². The van der Waals surface area contributed by atoms with Crippen LogP contribution in [0, 0.1) is 0 Å². The number of anilines is 1. The highest BCUT2D eigenvalue weighted by Crippen LogP contribution is 2.39. The lowest BCUT2D eigenvalue weighted by Crippen LogP contribution is -2.47. The Morgan fingerprint density at radius 1 is 1.11 bits per heavy atom. The van der Waals surface area contributed by atoms with Gasteiger partial charge in [-0.15, -0.1) is 0 Å². The number of hydrogen-bond donors (Lipinski definition) is 0. The Hall–Kier alpha value is -2.74. The van der Waals surface area contributed by atoms with E-state index in [0.717, 1.165) is 5.69 Å².